The Kier molecular flexibility index (Phi) is 7.07. The van der Waals surface area contributed by atoms with E-state index in [1.807, 2.05) is 11.9 Å². The number of halogens is 1. The van der Waals surface area contributed by atoms with E-state index in [4.69, 9.17) is 5.73 Å². The van der Waals surface area contributed by atoms with Crippen molar-refractivity contribution in [2.45, 2.75) is 64.6 Å². The molecule has 1 aromatic carbocycles. The van der Waals surface area contributed by atoms with Crippen molar-refractivity contribution >= 4 is 23.2 Å². The van der Waals surface area contributed by atoms with Crippen molar-refractivity contribution in [3.63, 3.8) is 0 Å². The van der Waals surface area contributed by atoms with Crippen LogP contribution in [0, 0.1) is 23.1 Å². The largest absolute Gasteiger partial charge is 0.508 e. The topological polar surface area (TPSA) is 165 Å². The number of ketones is 2. The fraction of sp³-hybridized carbons (Fsp3) is 0.567. The van der Waals surface area contributed by atoms with Gasteiger partial charge in [-0.1, -0.05) is 20.8 Å². The van der Waals surface area contributed by atoms with E-state index in [2.05, 4.69) is 20.8 Å². The first-order valence-corrected chi connectivity index (χ1v) is 14.0. The average Bonchev–Trinajstić information content (AvgIpc) is 3.37. The van der Waals surface area contributed by atoms with E-state index in [0.717, 1.165) is 12.8 Å². The molecule has 6 N–H and O–H groups in total. The zero-order valence-corrected chi connectivity index (χ0v) is 23.8. The Morgan fingerprint density at radius 2 is 1.83 bits per heavy atom. The number of nitrogens with zero attached hydrogens (tertiary/aromatic N) is 2. The van der Waals surface area contributed by atoms with Crippen LogP contribution in [0.25, 0.3) is 5.76 Å². The highest BCUT2D eigenvalue weighted by molar-refractivity contribution is 6.24. The van der Waals surface area contributed by atoms with Gasteiger partial charge in [-0.2, -0.15) is 0 Å². The van der Waals surface area contributed by atoms with Gasteiger partial charge in [-0.15, -0.1) is 0 Å². The van der Waals surface area contributed by atoms with Crippen molar-refractivity contribution < 1.29 is 39.2 Å². The van der Waals surface area contributed by atoms with Crippen molar-refractivity contribution in [1.82, 2.24) is 9.80 Å². The van der Waals surface area contributed by atoms with Crippen LogP contribution in [0.15, 0.2) is 23.0 Å². The van der Waals surface area contributed by atoms with E-state index in [1.165, 1.54) is 6.07 Å². The zero-order valence-electron chi connectivity index (χ0n) is 23.8. The summed E-state index contributed by atoms with van der Waals surface area (Å²) in [4.78, 5) is 43.4. The Balaban J connectivity index is 1.62. The first-order chi connectivity index (χ1) is 19.1. The molecule has 2 fully saturated rings. The Bertz CT molecular complexity index is 1410. The van der Waals surface area contributed by atoms with Gasteiger partial charge in [0.1, 0.15) is 28.7 Å². The van der Waals surface area contributed by atoms with Gasteiger partial charge in [-0.25, -0.2) is 4.39 Å². The minimum atomic E-state index is -2.70. The number of fused-ring (bicyclic) bond motifs is 3. The molecule has 1 saturated heterocycles. The Morgan fingerprint density at radius 1 is 1.20 bits per heavy atom. The molecule has 0 bridgehead atoms. The second kappa shape index (κ2) is 9.92. The number of aromatic hydroxyl groups is 1. The van der Waals surface area contributed by atoms with E-state index in [9.17, 15) is 34.8 Å². The van der Waals surface area contributed by atoms with E-state index in [-0.39, 0.29) is 47.1 Å². The molecule has 10 nitrogen and oxygen atoms in total. The van der Waals surface area contributed by atoms with Crippen LogP contribution < -0.4 is 5.73 Å². The van der Waals surface area contributed by atoms with Crippen LogP contribution in [0.3, 0.4) is 0 Å². The Labute approximate surface area is 237 Å². The summed E-state index contributed by atoms with van der Waals surface area (Å²) < 4.78 is 16.0. The number of benzene rings is 1. The summed E-state index contributed by atoms with van der Waals surface area (Å²) in [6.07, 6.45) is 1.41. The van der Waals surface area contributed by atoms with Crippen LogP contribution in [-0.4, -0.2) is 86.0 Å². The smallest absolute Gasteiger partial charge is 0.255 e. The van der Waals surface area contributed by atoms with Crippen molar-refractivity contribution in [2.75, 3.05) is 26.7 Å². The highest BCUT2D eigenvalue weighted by atomic mass is 19.1. The Morgan fingerprint density at radius 3 is 2.41 bits per heavy atom. The molecule has 4 atom stereocenters. The van der Waals surface area contributed by atoms with Gasteiger partial charge in [-0.05, 0) is 63.2 Å². The summed E-state index contributed by atoms with van der Waals surface area (Å²) in [5.41, 5.74) is 1.59. The van der Waals surface area contributed by atoms with E-state index in [0.29, 0.717) is 19.6 Å². The summed E-state index contributed by atoms with van der Waals surface area (Å²) >= 11 is 0. The third kappa shape index (κ3) is 4.54. The number of phenols is 1. The van der Waals surface area contributed by atoms with Crippen LogP contribution in [0.2, 0.25) is 0 Å². The van der Waals surface area contributed by atoms with Crippen LogP contribution in [-0.2, 0) is 27.3 Å². The molecule has 0 spiro atoms. The lowest BCUT2D eigenvalue weighted by Crippen LogP contribution is -2.66. The number of aliphatic hydroxyl groups excluding tert-OH is 2. The molecule has 0 unspecified atom stereocenters. The number of carbonyl (C=O) groups is 3. The second-order valence-electron chi connectivity index (χ2n) is 13.2. The average molecular weight is 572 g/mol. The van der Waals surface area contributed by atoms with Gasteiger partial charge in [0.2, 0.25) is 5.78 Å². The molecule has 11 heteroatoms. The third-order valence-corrected chi connectivity index (χ3v) is 8.89. The van der Waals surface area contributed by atoms with Gasteiger partial charge in [0.15, 0.2) is 11.4 Å². The molecule has 3 aliphatic carbocycles. The predicted octanol–water partition coefficient (Wildman–Crippen LogP) is 2.12. The van der Waals surface area contributed by atoms with Crippen molar-refractivity contribution in [3.8, 4) is 5.75 Å². The first kappa shape index (κ1) is 29.2. The summed E-state index contributed by atoms with van der Waals surface area (Å²) in [6, 6.07) is 0.117. The van der Waals surface area contributed by atoms with Crippen molar-refractivity contribution in [1.29, 1.82) is 0 Å². The second-order valence-corrected chi connectivity index (χ2v) is 13.2. The quantitative estimate of drug-likeness (QED) is 0.333. The molecule has 222 valence electrons. The highest BCUT2D eigenvalue weighted by Crippen LogP contribution is 2.53. The number of likely N-dealkylation sites (tertiary alicyclic amines) is 1. The number of aliphatic hydroxyl groups is 3. The molecular formula is C30H38FN3O7. The van der Waals surface area contributed by atoms with Gasteiger partial charge in [-0.3, -0.25) is 19.3 Å². The maximum absolute atomic E-state index is 16.0. The van der Waals surface area contributed by atoms with Gasteiger partial charge in [0.05, 0.1) is 11.6 Å². The number of primary amides is 1. The number of hydrogen-bond donors (Lipinski definition) is 5. The number of Topliss-reactive ketones (excluding diaryl/α,β-unsaturated/α-hetero) is 2. The zero-order chi connectivity index (χ0) is 30.2. The molecule has 4 aliphatic rings. The van der Waals surface area contributed by atoms with Crippen molar-refractivity contribution in [2.24, 2.45) is 23.0 Å². The molecule has 1 amide bonds. The minimum absolute atomic E-state index is 0.0473. The summed E-state index contributed by atoms with van der Waals surface area (Å²) in [5.74, 6) is -7.94. The number of rotatable bonds is 5. The summed E-state index contributed by atoms with van der Waals surface area (Å²) in [6.45, 7) is 8.00. The van der Waals surface area contributed by atoms with Gasteiger partial charge in [0, 0.05) is 35.7 Å². The lowest BCUT2D eigenvalue weighted by Gasteiger charge is -2.50. The number of amides is 1. The summed E-state index contributed by atoms with van der Waals surface area (Å²) in [5, 5.41) is 45.1. The van der Waals surface area contributed by atoms with Crippen LogP contribution in [0.4, 0.5) is 4.39 Å². The maximum Gasteiger partial charge on any atom is 0.255 e. The molecule has 5 rings (SSSR count). The van der Waals surface area contributed by atoms with E-state index in [1.54, 1.807) is 4.90 Å². The molecular weight excluding hydrogens is 533 g/mol. The molecule has 1 aliphatic heterocycles. The number of nitrogens with two attached hydrogens (primary N) is 1. The molecule has 1 saturated carbocycles. The minimum Gasteiger partial charge on any atom is -0.508 e. The van der Waals surface area contributed by atoms with Crippen LogP contribution in [0.5, 0.6) is 5.75 Å². The van der Waals surface area contributed by atoms with Gasteiger partial charge in [0.25, 0.3) is 5.91 Å². The monoisotopic (exact) mass is 571 g/mol. The molecule has 1 aromatic rings. The molecule has 1 heterocycles. The van der Waals surface area contributed by atoms with E-state index >= 15 is 4.39 Å². The lowest BCUT2D eigenvalue weighted by molar-refractivity contribution is -0.154. The highest BCUT2D eigenvalue weighted by Gasteiger charge is 2.64. The first-order valence-electron chi connectivity index (χ1n) is 14.0. The van der Waals surface area contributed by atoms with Crippen LogP contribution in [0.1, 0.15) is 56.7 Å². The van der Waals surface area contributed by atoms with Crippen LogP contribution >= 0.6 is 0 Å². The van der Waals surface area contributed by atoms with Gasteiger partial charge < -0.3 is 31.1 Å². The standard InChI is InChI=1S/C30H38FN3O7/c1-29(2,3)13-33(4)12-15-11-18(35)20-16(22(15)31)9-14-10-17-23(34-7-5-6-8-34)25(37)21(28(32)40)27(39)30(17,41)26(38)19(14)24(20)36/h11,14,17,23,35-36,39,41H,5-10,12-13H2,1-4H3,(H2,32,40)/t14-,17-,23-,30-/m0/s1. The third-order valence-electron chi connectivity index (χ3n) is 8.89. The predicted molar refractivity (Wildman–Crippen MR) is 147 cm³/mol. The molecule has 0 radical (unpaired) electrons. The van der Waals surface area contributed by atoms with Gasteiger partial charge >= 0.3 is 0 Å². The Hall–Kier alpha value is -3.28. The van der Waals surface area contributed by atoms with E-state index < -0.39 is 69.6 Å². The number of hydrogen-bond acceptors (Lipinski definition) is 9. The number of phenolic OH excluding ortho intramolecular Hbond substituents is 1. The SMILES string of the molecule is CN(Cc1cc(O)c2c(c1F)C[C@H]1C[C@H]3[C@H](N4CCCC4)C(=O)C(C(N)=O)=C(O)[C@@]3(O)C(=O)C1=C2O)CC(C)(C)C. The lowest BCUT2D eigenvalue weighted by atomic mass is 9.57. The molecule has 0 aromatic heterocycles. The number of carbonyl (C=O) groups excluding carboxylic acids is 3. The van der Waals surface area contributed by atoms with Crippen molar-refractivity contribution in [3.05, 3.63) is 45.5 Å². The fourth-order valence-corrected chi connectivity index (χ4v) is 7.46. The fourth-order valence-electron chi connectivity index (χ4n) is 7.46. The normalized spacial score (nSPS) is 28.7. The summed E-state index contributed by atoms with van der Waals surface area (Å²) in [7, 11) is 1.84. The molecule has 41 heavy (non-hydrogen) atoms. The maximum atomic E-state index is 16.0.